The van der Waals surface area contributed by atoms with Crippen molar-refractivity contribution in [1.82, 2.24) is 10.3 Å². The molecule has 0 radical (unpaired) electrons. The van der Waals surface area contributed by atoms with Crippen molar-refractivity contribution < 1.29 is 23.8 Å². The summed E-state index contributed by atoms with van der Waals surface area (Å²) in [5.74, 6) is 0.417. The maximum absolute atomic E-state index is 11.9. The van der Waals surface area contributed by atoms with Crippen molar-refractivity contribution in [3.05, 3.63) is 47.8 Å². The molecule has 2 N–H and O–H groups in total. The van der Waals surface area contributed by atoms with E-state index in [2.05, 4.69) is 10.3 Å². The van der Waals surface area contributed by atoms with Gasteiger partial charge in [-0.05, 0) is 36.8 Å². The van der Waals surface area contributed by atoms with Crippen LogP contribution in [0.5, 0.6) is 11.5 Å². The van der Waals surface area contributed by atoms with E-state index in [9.17, 15) is 9.59 Å². The van der Waals surface area contributed by atoms with Crippen molar-refractivity contribution in [3.8, 4) is 11.5 Å². The molecule has 2 heterocycles. The third-order valence-electron chi connectivity index (χ3n) is 3.60. The second kappa shape index (κ2) is 7.08. The van der Waals surface area contributed by atoms with Crippen LogP contribution in [0.15, 0.2) is 36.5 Å². The number of esters is 1. The van der Waals surface area contributed by atoms with E-state index >= 15 is 0 Å². The third kappa shape index (κ3) is 3.68. The molecule has 1 amide bonds. The lowest BCUT2D eigenvalue weighted by atomic mass is 10.1. The van der Waals surface area contributed by atoms with Crippen LogP contribution in [0.3, 0.4) is 0 Å². The van der Waals surface area contributed by atoms with Gasteiger partial charge in [0.1, 0.15) is 18.9 Å². The van der Waals surface area contributed by atoms with Gasteiger partial charge in [-0.15, -0.1) is 0 Å². The van der Waals surface area contributed by atoms with Crippen molar-refractivity contribution in [2.45, 2.75) is 13.0 Å². The predicted molar refractivity (Wildman–Crippen MR) is 85.1 cm³/mol. The minimum Gasteiger partial charge on any atom is -0.486 e. The average molecular weight is 330 g/mol. The Hall–Kier alpha value is -2.96. The highest BCUT2D eigenvalue weighted by atomic mass is 16.6. The molecule has 0 unspecified atom stereocenters. The topological polar surface area (TPSA) is 89.7 Å². The highest BCUT2D eigenvalue weighted by Gasteiger charge is 2.17. The molecule has 0 aliphatic carbocycles. The van der Waals surface area contributed by atoms with Crippen LogP contribution in [0, 0.1) is 0 Å². The molecule has 0 saturated heterocycles. The summed E-state index contributed by atoms with van der Waals surface area (Å²) in [5.41, 5.74) is 1.19. The second-order valence-electron chi connectivity index (χ2n) is 5.35. The molecular weight excluding hydrogens is 312 g/mol. The predicted octanol–water partition coefficient (Wildman–Crippen LogP) is 1.82. The van der Waals surface area contributed by atoms with Crippen LogP contribution in [-0.4, -0.2) is 36.7 Å². The Morgan fingerprint density at radius 1 is 1.25 bits per heavy atom. The first-order chi connectivity index (χ1) is 11.6. The fourth-order valence-corrected chi connectivity index (χ4v) is 2.36. The van der Waals surface area contributed by atoms with Gasteiger partial charge in [-0.1, -0.05) is 6.07 Å². The van der Waals surface area contributed by atoms with E-state index in [4.69, 9.17) is 14.2 Å². The van der Waals surface area contributed by atoms with Crippen LogP contribution in [0.1, 0.15) is 29.0 Å². The lowest BCUT2D eigenvalue weighted by molar-refractivity contribution is -0.124. The van der Waals surface area contributed by atoms with Gasteiger partial charge in [0.05, 0.1) is 6.04 Å². The minimum absolute atomic E-state index is 0.252. The van der Waals surface area contributed by atoms with Crippen molar-refractivity contribution >= 4 is 11.9 Å². The molecule has 2 aromatic rings. The number of benzene rings is 1. The Labute approximate surface area is 138 Å². The summed E-state index contributed by atoms with van der Waals surface area (Å²) < 4.78 is 15.9. The molecule has 7 heteroatoms. The Kier molecular flexibility index (Phi) is 4.69. The maximum Gasteiger partial charge on any atom is 0.355 e. The van der Waals surface area contributed by atoms with Crippen LogP contribution < -0.4 is 14.8 Å². The normalized spacial score (nSPS) is 13.9. The third-order valence-corrected chi connectivity index (χ3v) is 3.60. The first-order valence-electron chi connectivity index (χ1n) is 7.63. The largest absolute Gasteiger partial charge is 0.486 e. The Bertz CT molecular complexity index is 727. The van der Waals surface area contributed by atoms with E-state index in [0.717, 1.165) is 5.56 Å². The number of H-pyrrole nitrogens is 1. The summed E-state index contributed by atoms with van der Waals surface area (Å²) >= 11 is 0. The van der Waals surface area contributed by atoms with Crippen LogP contribution in [0.2, 0.25) is 0 Å². The van der Waals surface area contributed by atoms with Gasteiger partial charge < -0.3 is 24.5 Å². The Balaban J connectivity index is 1.53. The van der Waals surface area contributed by atoms with Gasteiger partial charge in [-0.25, -0.2) is 4.79 Å². The van der Waals surface area contributed by atoms with Crippen LogP contribution in [0.4, 0.5) is 0 Å². The molecule has 0 bridgehead atoms. The first-order valence-corrected chi connectivity index (χ1v) is 7.63. The fraction of sp³-hybridized carbons (Fsp3) is 0.294. The maximum atomic E-state index is 11.9. The van der Waals surface area contributed by atoms with Gasteiger partial charge >= 0.3 is 5.97 Å². The van der Waals surface area contributed by atoms with Crippen molar-refractivity contribution in [1.29, 1.82) is 0 Å². The monoisotopic (exact) mass is 330 g/mol. The molecule has 7 nitrogen and oxygen atoms in total. The van der Waals surface area contributed by atoms with Gasteiger partial charge in [0.25, 0.3) is 5.91 Å². The number of aromatic nitrogens is 1. The van der Waals surface area contributed by atoms with Gasteiger partial charge in [-0.3, -0.25) is 4.79 Å². The van der Waals surface area contributed by atoms with Crippen molar-refractivity contribution in [2.24, 2.45) is 0 Å². The summed E-state index contributed by atoms with van der Waals surface area (Å²) in [6.07, 6.45) is 1.61. The SMILES string of the molecule is C[C@@H](NC(=O)COC(=O)c1ccc[nH]1)c1ccc2c(c1)OCCO2. The number of amides is 1. The highest BCUT2D eigenvalue weighted by molar-refractivity contribution is 5.89. The number of carbonyl (C=O) groups excluding carboxylic acids is 2. The van der Waals surface area contributed by atoms with E-state index in [1.54, 1.807) is 18.3 Å². The van der Waals surface area contributed by atoms with Crippen LogP contribution in [-0.2, 0) is 9.53 Å². The van der Waals surface area contributed by atoms with E-state index in [1.165, 1.54) is 0 Å². The van der Waals surface area contributed by atoms with Crippen molar-refractivity contribution in [3.63, 3.8) is 0 Å². The zero-order valence-corrected chi connectivity index (χ0v) is 13.2. The summed E-state index contributed by atoms with van der Waals surface area (Å²) in [5, 5.41) is 2.78. The van der Waals surface area contributed by atoms with Crippen LogP contribution >= 0.6 is 0 Å². The summed E-state index contributed by atoms with van der Waals surface area (Å²) in [7, 11) is 0. The molecule has 1 aromatic carbocycles. The zero-order valence-electron chi connectivity index (χ0n) is 13.2. The summed E-state index contributed by atoms with van der Waals surface area (Å²) in [6.45, 7) is 2.54. The number of hydrogen-bond acceptors (Lipinski definition) is 5. The van der Waals surface area contributed by atoms with Gasteiger partial charge in [-0.2, -0.15) is 0 Å². The molecular formula is C17H18N2O5. The molecule has 1 aromatic heterocycles. The Morgan fingerprint density at radius 2 is 2.04 bits per heavy atom. The number of rotatable bonds is 5. The minimum atomic E-state index is -0.567. The number of carbonyl (C=O) groups is 2. The van der Waals surface area contributed by atoms with Gasteiger partial charge in [0.2, 0.25) is 0 Å². The van der Waals surface area contributed by atoms with Crippen molar-refractivity contribution in [2.75, 3.05) is 19.8 Å². The lowest BCUT2D eigenvalue weighted by Gasteiger charge is -2.21. The first kappa shape index (κ1) is 15.9. The average Bonchev–Trinajstić information content (AvgIpc) is 3.14. The number of hydrogen-bond donors (Lipinski definition) is 2. The number of fused-ring (bicyclic) bond motifs is 1. The summed E-state index contributed by atoms with van der Waals surface area (Å²) in [4.78, 5) is 26.3. The zero-order chi connectivity index (χ0) is 16.9. The summed E-state index contributed by atoms with van der Waals surface area (Å²) in [6, 6.07) is 8.53. The Morgan fingerprint density at radius 3 is 2.79 bits per heavy atom. The standard InChI is InChI=1S/C17H18N2O5/c1-11(12-4-5-14-15(9-12)23-8-7-22-14)19-16(20)10-24-17(21)13-3-2-6-18-13/h2-6,9,11,18H,7-8,10H2,1H3,(H,19,20)/t11-/m1/s1. The quantitative estimate of drug-likeness (QED) is 0.816. The van der Waals surface area contributed by atoms with Gasteiger partial charge in [0.15, 0.2) is 18.1 Å². The van der Waals surface area contributed by atoms with E-state index in [0.29, 0.717) is 30.4 Å². The molecule has 0 spiro atoms. The molecule has 3 rings (SSSR count). The molecule has 24 heavy (non-hydrogen) atoms. The second-order valence-corrected chi connectivity index (χ2v) is 5.35. The number of nitrogens with one attached hydrogen (secondary N) is 2. The van der Waals surface area contributed by atoms with Crippen LogP contribution in [0.25, 0.3) is 0 Å². The smallest absolute Gasteiger partial charge is 0.355 e. The van der Waals surface area contributed by atoms with E-state index < -0.39 is 5.97 Å². The number of ether oxygens (including phenoxy) is 3. The molecule has 1 aliphatic heterocycles. The highest BCUT2D eigenvalue weighted by Crippen LogP contribution is 2.32. The molecule has 126 valence electrons. The number of aromatic amines is 1. The fourth-order valence-electron chi connectivity index (χ4n) is 2.36. The van der Waals surface area contributed by atoms with E-state index in [-0.39, 0.29) is 18.6 Å². The molecule has 1 aliphatic rings. The van der Waals surface area contributed by atoms with Gasteiger partial charge in [0, 0.05) is 6.20 Å². The molecule has 0 saturated carbocycles. The lowest BCUT2D eigenvalue weighted by Crippen LogP contribution is -2.31. The molecule has 1 atom stereocenters. The molecule has 0 fully saturated rings. The van der Waals surface area contributed by atoms with E-state index in [1.807, 2.05) is 25.1 Å².